The Kier molecular flexibility index (Phi) is 4.38. The largest absolute Gasteiger partial charge is 0.450 e. The SMILES string of the molecule is CCOC(=O)N1CC[C@H]2C(C1)c1cccc(Br)c1N2CC=O. The Morgan fingerprint density at radius 2 is 2.32 bits per heavy atom. The maximum atomic E-state index is 12.0. The molecule has 1 fully saturated rings. The van der Waals surface area contributed by atoms with Crippen LogP contribution in [0, 0.1) is 0 Å². The van der Waals surface area contributed by atoms with Gasteiger partial charge in [-0.25, -0.2) is 4.79 Å². The molecule has 5 nitrogen and oxygen atoms in total. The number of para-hydroxylation sites is 1. The van der Waals surface area contributed by atoms with E-state index in [1.54, 1.807) is 4.90 Å². The number of hydrogen-bond acceptors (Lipinski definition) is 4. The lowest BCUT2D eigenvalue weighted by molar-refractivity contribution is -0.106. The molecule has 3 rings (SSSR count). The summed E-state index contributed by atoms with van der Waals surface area (Å²) in [6, 6.07) is 6.37. The number of fused-ring (bicyclic) bond motifs is 3. The van der Waals surface area contributed by atoms with E-state index in [0.29, 0.717) is 26.2 Å². The first-order valence-corrected chi connectivity index (χ1v) is 8.37. The van der Waals surface area contributed by atoms with E-state index in [4.69, 9.17) is 4.74 Å². The Bertz CT molecular complexity index is 593. The van der Waals surface area contributed by atoms with Gasteiger partial charge in [0, 0.05) is 29.5 Å². The van der Waals surface area contributed by atoms with Gasteiger partial charge in [0.15, 0.2) is 0 Å². The lowest BCUT2D eigenvalue weighted by Gasteiger charge is -2.37. The number of hydrogen-bond donors (Lipinski definition) is 0. The average Bonchev–Trinajstić information content (AvgIpc) is 2.83. The molecule has 22 heavy (non-hydrogen) atoms. The van der Waals surface area contributed by atoms with Crippen LogP contribution in [0.5, 0.6) is 0 Å². The molecule has 0 aromatic heterocycles. The molecule has 1 unspecified atom stereocenters. The van der Waals surface area contributed by atoms with Gasteiger partial charge in [-0.2, -0.15) is 0 Å². The Morgan fingerprint density at radius 3 is 3.05 bits per heavy atom. The Labute approximate surface area is 138 Å². The molecule has 0 radical (unpaired) electrons. The van der Waals surface area contributed by atoms with Crippen molar-refractivity contribution in [1.29, 1.82) is 0 Å². The van der Waals surface area contributed by atoms with Gasteiger partial charge in [-0.1, -0.05) is 12.1 Å². The quantitative estimate of drug-likeness (QED) is 0.771. The summed E-state index contributed by atoms with van der Waals surface area (Å²) >= 11 is 3.60. The van der Waals surface area contributed by atoms with Crippen molar-refractivity contribution in [2.45, 2.75) is 25.3 Å². The molecule has 0 N–H and O–H groups in total. The lowest BCUT2D eigenvalue weighted by atomic mass is 9.89. The smallest absolute Gasteiger partial charge is 0.409 e. The van der Waals surface area contributed by atoms with E-state index in [9.17, 15) is 9.59 Å². The zero-order valence-corrected chi connectivity index (χ0v) is 14.1. The fraction of sp³-hybridized carbons (Fsp3) is 0.500. The van der Waals surface area contributed by atoms with Crippen LogP contribution in [-0.4, -0.2) is 49.6 Å². The van der Waals surface area contributed by atoms with Crippen LogP contribution in [0.25, 0.3) is 0 Å². The second-order valence-electron chi connectivity index (χ2n) is 5.60. The van der Waals surface area contributed by atoms with Gasteiger partial charge < -0.3 is 19.3 Å². The highest BCUT2D eigenvalue weighted by atomic mass is 79.9. The van der Waals surface area contributed by atoms with E-state index >= 15 is 0 Å². The van der Waals surface area contributed by atoms with Crippen molar-refractivity contribution in [1.82, 2.24) is 4.90 Å². The number of carbonyl (C=O) groups excluding carboxylic acids is 2. The summed E-state index contributed by atoms with van der Waals surface area (Å²) in [6.45, 7) is 3.90. The first kappa shape index (κ1) is 15.3. The third kappa shape index (κ3) is 2.49. The van der Waals surface area contributed by atoms with Gasteiger partial charge in [-0.05, 0) is 40.9 Å². The van der Waals surface area contributed by atoms with Gasteiger partial charge >= 0.3 is 6.09 Å². The maximum absolute atomic E-state index is 12.0. The minimum atomic E-state index is -0.244. The van der Waals surface area contributed by atoms with Crippen LogP contribution < -0.4 is 4.90 Å². The molecule has 0 aliphatic carbocycles. The molecule has 6 heteroatoms. The summed E-state index contributed by atoms with van der Waals surface area (Å²) < 4.78 is 6.13. The highest BCUT2D eigenvalue weighted by molar-refractivity contribution is 9.10. The molecule has 0 spiro atoms. The summed E-state index contributed by atoms with van der Waals surface area (Å²) in [4.78, 5) is 27.0. The van der Waals surface area contributed by atoms with E-state index in [0.717, 1.165) is 22.9 Å². The summed E-state index contributed by atoms with van der Waals surface area (Å²) in [5.74, 6) is 0.227. The number of rotatable bonds is 3. The van der Waals surface area contributed by atoms with Crippen LogP contribution in [0.3, 0.4) is 0 Å². The number of piperidine rings is 1. The number of ether oxygens (including phenoxy) is 1. The van der Waals surface area contributed by atoms with Crippen LogP contribution >= 0.6 is 15.9 Å². The van der Waals surface area contributed by atoms with Gasteiger partial charge in [0.1, 0.15) is 6.29 Å². The van der Waals surface area contributed by atoms with E-state index in [-0.39, 0.29) is 18.1 Å². The minimum Gasteiger partial charge on any atom is -0.450 e. The predicted molar refractivity (Wildman–Crippen MR) is 87.3 cm³/mol. The second kappa shape index (κ2) is 6.28. The molecule has 1 saturated heterocycles. The molecule has 1 aromatic rings. The van der Waals surface area contributed by atoms with Crippen LogP contribution in [0.2, 0.25) is 0 Å². The highest BCUT2D eigenvalue weighted by Crippen LogP contribution is 2.47. The van der Waals surface area contributed by atoms with E-state index in [1.807, 2.05) is 19.1 Å². The molecule has 0 bridgehead atoms. The van der Waals surface area contributed by atoms with Crippen molar-refractivity contribution in [2.24, 2.45) is 0 Å². The number of anilines is 1. The van der Waals surface area contributed by atoms with Crippen molar-refractivity contribution >= 4 is 34.0 Å². The monoisotopic (exact) mass is 366 g/mol. The van der Waals surface area contributed by atoms with Gasteiger partial charge in [0.05, 0.1) is 18.8 Å². The van der Waals surface area contributed by atoms with Gasteiger partial charge in [0.25, 0.3) is 0 Å². The van der Waals surface area contributed by atoms with Crippen LogP contribution in [0.4, 0.5) is 10.5 Å². The highest BCUT2D eigenvalue weighted by Gasteiger charge is 2.43. The molecule has 0 saturated carbocycles. The third-order valence-electron chi connectivity index (χ3n) is 4.48. The maximum Gasteiger partial charge on any atom is 0.409 e. The zero-order chi connectivity index (χ0) is 15.7. The Hall–Kier alpha value is -1.56. The van der Waals surface area contributed by atoms with Crippen molar-refractivity contribution in [3.05, 3.63) is 28.2 Å². The summed E-state index contributed by atoms with van der Waals surface area (Å²) in [5, 5.41) is 0. The summed E-state index contributed by atoms with van der Waals surface area (Å²) in [7, 11) is 0. The van der Waals surface area contributed by atoms with E-state index in [1.165, 1.54) is 5.56 Å². The Morgan fingerprint density at radius 1 is 1.50 bits per heavy atom. The molecule has 1 aromatic carbocycles. The summed E-state index contributed by atoms with van der Waals surface area (Å²) in [6.07, 6.45) is 1.55. The molecule has 2 heterocycles. The number of amides is 1. The predicted octanol–water partition coefficient (Wildman–Crippen LogP) is 2.78. The molecule has 2 aliphatic rings. The number of likely N-dealkylation sites (tertiary alicyclic amines) is 1. The van der Waals surface area contributed by atoms with E-state index in [2.05, 4.69) is 26.9 Å². The number of benzene rings is 1. The first-order valence-electron chi connectivity index (χ1n) is 7.57. The van der Waals surface area contributed by atoms with Crippen molar-refractivity contribution < 1.29 is 14.3 Å². The van der Waals surface area contributed by atoms with Gasteiger partial charge in [-0.3, -0.25) is 0 Å². The molecule has 2 aliphatic heterocycles. The normalized spacial score (nSPS) is 23.0. The zero-order valence-electron chi connectivity index (χ0n) is 12.5. The molecule has 2 atom stereocenters. The van der Waals surface area contributed by atoms with Crippen molar-refractivity contribution in [3.63, 3.8) is 0 Å². The van der Waals surface area contributed by atoms with Crippen LogP contribution in [0.15, 0.2) is 22.7 Å². The number of aldehydes is 1. The summed E-state index contributed by atoms with van der Waals surface area (Å²) in [5.41, 5.74) is 2.30. The number of nitrogens with zero attached hydrogens (tertiary/aromatic N) is 2. The standard InChI is InChI=1S/C16H19BrN2O3/c1-2-22-16(21)18-7-6-14-12(10-18)11-4-3-5-13(17)15(11)19(14)8-9-20/h3-5,9,12,14H,2,6-8,10H2,1H3/t12?,14-/m0/s1. The average molecular weight is 367 g/mol. The Balaban J connectivity index is 1.90. The van der Waals surface area contributed by atoms with Gasteiger partial charge in [0.2, 0.25) is 0 Å². The molecular weight excluding hydrogens is 348 g/mol. The first-order chi connectivity index (χ1) is 10.7. The third-order valence-corrected chi connectivity index (χ3v) is 5.12. The minimum absolute atomic E-state index is 0.227. The fourth-order valence-electron chi connectivity index (χ4n) is 3.61. The fourth-order valence-corrected chi connectivity index (χ4v) is 4.22. The van der Waals surface area contributed by atoms with E-state index < -0.39 is 0 Å². The van der Waals surface area contributed by atoms with Crippen LogP contribution in [0.1, 0.15) is 24.8 Å². The second-order valence-corrected chi connectivity index (χ2v) is 6.46. The molecule has 118 valence electrons. The number of carbonyl (C=O) groups is 2. The molecule has 1 amide bonds. The van der Waals surface area contributed by atoms with Crippen molar-refractivity contribution in [3.8, 4) is 0 Å². The van der Waals surface area contributed by atoms with Crippen LogP contribution in [-0.2, 0) is 9.53 Å². The topological polar surface area (TPSA) is 49.9 Å². The number of halogens is 1. The lowest BCUT2D eigenvalue weighted by Crippen LogP contribution is -2.48. The molecular formula is C16H19BrN2O3. The van der Waals surface area contributed by atoms with Gasteiger partial charge in [-0.15, -0.1) is 0 Å². The van der Waals surface area contributed by atoms with Crippen molar-refractivity contribution in [2.75, 3.05) is 31.1 Å².